The van der Waals surface area contributed by atoms with E-state index in [1.165, 1.54) is 16.2 Å². The van der Waals surface area contributed by atoms with Crippen LogP contribution < -0.4 is 11.1 Å². The minimum Gasteiger partial charge on any atom is -0.349 e. The van der Waals surface area contributed by atoms with Crippen molar-refractivity contribution >= 4 is 17.2 Å². The first-order chi connectivity index (χ1) is 9.11. The van der Waals surface area contributed by atoms with Crippen LogP contribution in [0.25, 0.3) is 0 Å². The molecule has 106 valence electrons. The highest BCUT2D eigenvalue weighted by Crippen LogP contribution is 2.30. The Kier molecular flexibility index (Phi) is 4.99. The normalized spacial score (nSPS) is 25.0. The molecule has 3 atom stereocenters. The molecule has 3 N–H and O–H groups in total. The molecule has 0 spiro atoms. The van der Waals surface area contributed by atoms with Crippen molar-refractivity contribution < 1.29 is 4.79 Å². The van der Waals surface area contributed by atoms with E-state index in [9.17, 15) is 4.79 Å². The van der Waals surface area contributed by atoms with Gasteiger partial charge in [0.25, 0.3) is 0 Å². The first-order valence-electron chi connectivity index (χ1n) is 7.18. The fourth-order valence-corrected chi connectivity index (χ4v) is 3.79. The topological polar surface area (TPSA) is 55.1 Å². The lowest BCUT2D eigenvalue weighted by Gasteiger charge is -2.30. The van der Waals surface area contributed by atoms with E-state index in [1.807, 2.05) is 0 Å². The van der Waals surface area contributed by atoms with Gasteiger partial charge in [0.05, 0.1) is 6.04 Å². The monoisotopic (exact) mass is 280 g/mol. The number of nitrogens with one attached hydrogen (secondary N) is 1. The summed E-state index contributed by atoms with van der Waals surface area (Å²) >= 11 is 1.75. The number of rotatable bonds is 4. The van der Waals surface area contributed by atoms with Crippen molar-refractivity contribution in [3.05, 3.63) is 21.9 Å². The second-order valence-electron chi connectivity index (χ2n) is 5.57. The zero-order chi connectivity index (χ0) is 13.8. The van der Waals surface area contributed by atoms with Gasteiger partial charge < -0.3 is 11.1 Å². The Hall–Kier alpha value is -0.870. The van der Waals surface area contributed by atoms with Crippen molar-refractivity contribution in [1.82, 2.24) is 5.32 Å². The molecule has 0 aliphatic heterocycles. The maximum atomic E-state index is 12.4. The largest absolute Gasteiger partial charge is 0.349 e. The highest BCUT2D eigenvalue weighted by Gasteiger charge is 2.30. The van der Waals surface area contributed by atoms with Gasteiger partial charge in [-0.1, -0.05) is 12.8 Å². The van der Waals surface area contributed by atoms with Crippen LogP contribution in [0.5, 0.6) is 0 Å². The van der Waals surface area contributed by atoms with Gasteiger partial charge in [0, 0.05) is 15.7 Å². The van der Waals surface area contributed by atoms with Crippen LogP contribution in [0.1, 0.15) is 48.4 Å². The number of hydrogen-bond acceptors (Lipinski definition) is 3. The number of hydrogen-bond donors (Lipinski definition) is 2. The zero-order valence-corrected chi connectivity index (χ0v) is 12.6. The fourth-order valence-electron chi connectivity index (χ4n) is 2.91. The van der Waals surface area contributed by atoms with Gasteiger partial charge in [-0.15, -0.1) is 11.3 Å². The number of thiophene rings is 1. The average molecular weight is 280 g/mol. The van der Waals surface area contributed by atoms with Crippen LogP contribution in [0, 0.1) is 18.8 Å². The lowest BCUT2D eigenvalue weighted by molar-refractivity contribution is -0.128. The predicted octanol–water partition coefficient (Wildman–Crippen LogP) is 3.00. The lowest BCUT2D eigenvalue weighted by Crippen LogP contribution is -2.40. The van der Waals surface area contributed by atoms with Crippen LogP contribution >= 0.6 is 11.3 Å². The summed E-state index contributed by atoms with van der Waals surface area (Å²) in [7, 11) is 0. The zero-order valence-electron chi connectivity index (χ0n) is 11.8. The molecule has 1 saturated carbocycles. The molecule has 1 aliphatic carbocycles. The summed E-state index contributed by atoms with van der Waals surface area (Å²) in [5.41, 5.74) is 5.80. The Morgan fingerprint density at radius 3 is 2.84 bits per heavy atom. The number of nitrogens with two attached hydrogens (primary N) is 1. The average Bonchev–Trinajstić information content (AvgIpc) is 2.85. The van der Waals surface area contributed by atoms with E-state index >= 15 is 0 Å². The molecule has 1 amide bonds. The van der Waals surface area contributed by atoms with Crippen LogP contribution in [0.15, 0.2) is 12.1 Å². The second kappa shape index (κ2) is 6.53. The van der Waals surface area contributed by atoms with Crippen molar-refractivity contribution in [2.24, 2.45) is 17.6 Å². The van der Waals surface area contributed by atoms with Gasteiger partial charge in [0.15, 0.2) is 0 Å². The van der Waals surface area contributed by atoms with Crippen molar-refractivity contribution in [3.8, 4) is 0 Å². The fraction of sp³-hybridized carbons (Fsp3) is 0.667. The Morgan fingerprint density at radius 1 is 1.47 bits per heavy atom. The predicted molar refractivity (Wildman–Crippen MR) is 80.1 cm³/mol. The van der Waals surface area contributed by atoms with E-state index in [2.05, 4.69) is 31.3 Å². The molecule has 3 nitrogen and oxygen atoms in total. The summed E-state index contributed by atoms with van der Waals surface area (Å²) in [6.45, 7) is 4.78. The van der Waals surface area contributed by atoms with Crippen LogP contribution in [-0.4, -0.2) is 12.5 Å². The van der Waals surface area contributed by atoms with Gasteiger partial charge in [0.1, 0.15) is 0 Å². The van der Waals surface area contributed by atoms with E-state index in [1.54, 1.807) is 11.3 Å². The third kappa shape index (κ3) is 3.57. The molecule has 0 saturated heterocycles. The van der Waals surface area contributed by atoms with Gasteiger partial charge in [-0.2, -0.15) is 0 Å². The Balaban J connectivity index is 1.96. The molecular formula is C15H24N2OS. The summed E-state index contributed by atoms with van der Waals surface area (Å²) in [5, 5.41) is 3.16. The van der Waals surface area contributed by atoms with Crippen molar-refractivity contribution in [2.45, 2.75) is 45.6 Å². The van der Waals surface area contributed by atoms with E-state index in [-0.39, 0.29) is 17.9 Å². The summed E-state index contributed by atoms with van der Waals surface area (Å²) < 4.78 is 0. The molecule has 0 bridgehead atoms. The van der Waals surface area contributed by atoms with E-state index in [0.717, 1.165) is 19.3 Å². The molecule has 2 rings (SSSR count). The number of aryl methyl sites for hydroxylation is 1. The Bertz CT molecular complexity index is 430. The lowest BCUT2D eigenvalue weighted by atomic mass is 9.78. The summed E-state index contributed by atoms with van der Waals surface area (Å²) in [6.07, 6.45) is 4.46. The molecule has 1 aromatic heterocycles. The van der Waals surface area contributed by atoms with E-state index in [4.69, 9.17) is 5.73 Å². The minimum absolute atomic E-state index is 0.103. The van der Waals surface area contributed by atoms with Crippen LogP contribution in [0.2, 0.25) is 0 Å². The van der Waals surface area contributed by atoms with Gasteiger partial charge in [-0.3, -0.25) is 4.79 Å². The molecule has 19 heavy (non-hydrogen) atoms. The third-order valence-corrected chi connectivity index (χ3v) is 5.28. The minimum atomic E-state index is 0.103. The summed E-state index contributed by atoms with van der Waals surface area (Å²) in [6, 6.07) is 4.31. The van der Waals surface area contributed by atoms with Crippen molar-refractivity contribution in [3.63, 3.8) is 0 Å². The van der Waals surface area contributed by atoms with Crippen molar-refractivity contribution in [2.75, 3.05) is 6.54 Å². The van der Waals surface area contributed by atoms with Gasteiger partial charge in [-0.25, -0.2) is 0 Å². The van der Waals surface area contributed by atoms with Crippen LogP contribution in [-0.2, 0) is 4.79 Å². The van der Waals surface area contributed by atoms with Crippen molar-refractivity contribution in [1.29, 1.82) is 0 Å². The molecule has 0 aromatic carbocycles. The molecule has 1 aliphatic rings. The molecular weight excluding hydrogens is 256 g/mol. The molecule has 1 heterocycles. The Morgan fingerprint density at radius 2 is 2.21 bits per heavy atom. The summed E-state index contributed by atoms with van der Waals surface area (Å²) in [5.74, 6) is 0.669. The molecule has 3 unspecified atom stereocenters. The maximum Gasteiger partial charge on any atom is 0.223 e. The number of amides is 1. The molecule has 0 radical (unpaired) electrons. The highest BCUT2D eigenvalue weighted by molar-refractivity contribution is 7.12. The van der Waals surface area contributed by atoms with Crippen LogP contribution in [0.3, 0.4) is 0 Å². The smallest absolute Gasteiger partial charge is 0.223 e. The summed E-state index contributed by atoms with van der Waals surface area (Å²) in [4.78, 5) is 14.9. The second-order valence-corrected chi connectivity index (χ2v) is 6.88. The Labute approximate surface area is 119 Å². The van der Waals surface area contributed by atoms with Crippen LogP contribution in [0.4, 0.5) is 0 Å². The standard InChI is InChI=1S/C15H24N2OS/c1-10-7-8-14(19-10)11(2)17-15(18)13-6-4-3-5-12(13)9-16/h7-8,11-13H,3-6,9,16H2,1-2H3,(H,17,18). The molecule has 1 fully saturated rings. The molecule has 4 heteroatoms. The van der Waals surface area contributed by atoms with Gasteiger partial charge in [0.2, 0.25) is 5.91 Å². The van der Waals surface area contributed by atoms with Gasteiger partial charge >= 0.3 is 0 Å². The maximum absolute atomic E-state index is 12.4. The quantitative estimate of drug-likeness (QED) is 0.891. The third-order valence-electron chi connectivity index (χ3n) is 4.10. The van der Waals surface area contributed by atoms with E-state index < -0.39 is 0 Å². The van der Waals surface area contributed by atoms with Gasteiger partial charge in [-0.05, 0) is 51.3 Å². The first-order valence-corrected chi connectivity index (χ1v) is 8.00. The number of carbonyl (C=O) groups is 1. The molecule has 1 aromatic rings. The SMILES string of the molecule is Cc1ccc(C(C)NC(=O)C2CCCCC2CN)s1. The van der Waals surface area contributed by atoms with E-state index in [0.29, 0.717) is 12.5 Å². The number of carbonyl (C=O) groups excluding carboxylic acids is 1. The highest BCUT2D eigenvalue weighted by atomic mass is 32.1. The first kappa shape index (κ1) is 14.5.